The van der Waals surface area contributed by atoms with Crippen molar-refractivity contribution in [1.82, 2.24) is 14.8 Å². The number of fused-ring (bicyclic) bond motifs is 1. The van der Waals surface area contributed by atoms with Crippen LogP contribution in [0.4, 0.5) is 0 Å². The molecule has 3 aromatic rings. The van der Waals surface area contributed by atoms with Gasteiger partial charge in [0.15, 0.2) is 18.2 Å². The van der Waals surface area contributed by atoms with Crippen molar-refractivity contribution in [2.75, 3.05) is 13.2 Å². The van der Waals surface area contributed by atoms with Crippen LogP contribution in [-0.2, 0) is 9.47 Å². The van der Waals surface area contributed by atoms with Crippen LogP contribution >= 0.6 is 0 Å². The van der Waals surface area contributed by atoms with Crippen molar-refractivity contribution in [3.05, 3.63) is 41.6 Å². The average Bonchev–Trinajstić information content (AvgIpc) is 3.16. The summed E-state index contributed by atoms with van der Waals surface area (Å²) in [6, 6.07) is 9.13. The maximum absolute atomic E-state index is 12.1. The van der Waals surface area contributed by atoms with Gasteiger partial charge in [-0.1, -0.05) is 0 Å². The number of aryl methyl sites for hydroxylation is 1. The normalized spacial score (nSPS) is 20.9. The molecule has 170 valence electrons. The predicted molar refractivity (Wildman–Crippen MR) is 125 cm³/mol. The van der Waals surface area contributed by atoms with E-state index in [0.29, 0.717) is 29.0 Å². The van der Waals surface area contributed by atoms with Crippen molar-refractivity contribution in [2.24, 2.45) is 0 Å². The van der Waals surface area contributed by atoms with Gasteiger partial charge in [-0.05, 0) is 69.4 Å². The van der Waals surface area contributed by atoms with E-state index in [1.54, 1.807) is 10.7 Å². The number of aromatic nitrogens is 3. The molecule has 9 heteroatoms. The van der Waals surface area contributed by atoms with Crippen molar-refractivity contribution in [3.63, 3.8) is 0 Å². The minimum atomic E-state index is -1.000. The molecule has 1 aromatic carbocycles. The average molecular weight is 461 g/mol. The van der Waals surface area contributed by atoms with E-state index in [0.717, 1.165) is 56.4 Å². The Balaban J connectivity index is 0.00000259. The van der Waals surface area contributed by atoms with Gasteiger partial charge in [-0.2, -0.15) is 5.10 Å². The number of aromatic carboxylic acids is 1. The van der Waals surface area contributed by atoms with E-state index in [1.807, 2.05) is 31.2 Å². The quantitative estimate of drug-likeness (QED) is 0.573. The van der Waals surface area contributed by atoms with E-state index < -0.39 is 5.97 Å². The number of hydrogen-bond acceptors (Lipinski definition) is 6. The molecule has 0 radical (unpaired) electrons. The minimum absolute atomic E-state index is 0. The van der Waals surface area contributed by atoms with Gasteiger partial charge in [0.25, 0.3) is 0 Å². The predicted octanol–water partition coefficient (Wildman–Crippen LogP) is 4.06. The molecule has 2 atom stereocenters. The summed E-state index contributed by atoms with van der Waals surface area (Å²) in [6.07, 6.45) is 5.51. The Bertz CT molecular complexity index is 1120. The fraction of sp³-hybridized carbons (Fsp3) is 0.458. The van der Waals surface area contributed by atoms with E-state index in [9.17, 15) is 9.90 Å². The first kappa shape index (κ1) is 24.2. The van der Waals surface area contributed by atoms with Crippen molar-refractivity contribution in [1.29, 1.82) is 0 Å². The standard InChI is InChI=1S/C24H27N3O5.Na.H/c1-15-22-18(24(28)29)14-19(25-23(22)27(26-15)20-6-2-4-12-30-20)16-8-10-17(11-9-16)32-21-7-3-5-13-31-21;;/h8-11,14,20-21H,2-7,12-13H2,1H3,(H,28,29);;. The number of hydrogen-bond donors (Lipinski definition) is 1. The van der Waals surface area contributed by atoms with Gasteiger partial charge in [0, 0.05) is 18.6 Å². The summed E-state index contributed by atoms with van der Waals surface area (Å²) in [7, 11) is 0. The van der Waals surface area contributed by atoms with Crippen molar-refractivity contribution >= 4 is 46.6 Å². The maximum atomic E-state index is 12.1. The number of carboxylic acids is 1. The molecular formula is C24H28N3NaO5. The van der Waals surface area contributed by atoms with Gasteiger partial charge in [0.1, 0.15) is 5.75 Å². The molecule has 2 fully saturated rings. The van der Waals surface area contributed by atoms with Crippen LogP contribution in [0.2, 0.25) is 0 Å². The second-order valence-electron chi connectivity index (χ2n) is 8.35. The summed E-state index contributed by atoms with van der Waals surface area (Å²) < 4.78 is 19.2. The number of benzene rings is 1. The number of nitrogens with zero attached hydrogens (tertiary/aromatic N) is 3. The van der Waals surface area contributed by atoms with E-state index >= 15 is 0 Å². The molecule has 0 spiro atoms. The second kappa shape index (κ2) is 10.5. The number of pyridine rings is 1. The van der Waals surface area contributed by atoms with Crippen LogP contribution in [0.3, 0.4) is 0 Å². The first-order chi connectivity index (χ1) is 15.6. The Labute approximate surface area is 214 Å². The van der Waals surface area contributed by atoms with E-state index in [1.165, 1.54) is 0 Å². The molecule has 33 heavy (non-hydrogen) atoms. The summed E-state index contributed by atoms with van der Waals surface area (Å²) in [5.41, 5.74) is 2.76. The van der Waals surface area contributed by atoms with Crippen LogP contribution in [0.1, 0.15) is 60.8 Å². The van der Waals surface area contributed by atoms with Crippen LogP contribution < -0.4 is 4.74 Å². The van der Waals surface area contributed by atoms with E-state index in [4.69, 9.17) is 19.2 Å². The fourth-order valence-corrected chi connectivity index (χ4v) is 4.41. The second-order valence-corrected chi connectivity index (χ2v) is 8.35. The summed E-state index contributed by atoms with van der Waals surface area (Å²) in [6.45, 7) is 3.21. The fourth-order valence-electron chi connectivity index (χ4n) is 4.41. The number of carboxylic acid groups (broad SMARTS) is 1. The number of ether oxygens (including phenoxy) is 3. The molecule has 0 saturated carbocycles. The van der Waals surface area contributed by atoms with Crippen LogP contribution in [0, 0.1) is 6.92 Å². The third-order valence-electron chi connectivity index (χ3n) is 6.05. The Hall–Kier alpha value is -1.97. The summed E-state index contributed by atoms with van der Waals surface area (Å²) in [4.78, 5) is 16.9. The van der Waals surface area contributed by atoms with Crippen LogP contribution in [0.5, 0.6) is 5.75 Å². The van der Waals surface area contributed by atoms with Crippen molar-refractivity contribution in [2.45, 2.75) is 58.0 Å². The summed E-state index contributed by atoms with van der Waals surface area (Å²) >= 11 is 0. The molecule has 2 aliphatic rings. The first-order valence-electron chi connectivity index (χ1n) is 11.2. The van der Waals surface area contributed by atoms with Crippen LogP contribution in [0.25, 0.3) is 22.3 Å². The molecule has 2 unspecified atom stereocenters. The van der Waals surface area contributed by atoms with Crippen LogP contribution in [-0.4, -0.2) is 74.9 Å². The number of carbonyl (C=O) groups is 1. The summed E-state index contributed by atoms with van der Waals surface area (Å²) in [5.74, 6) is -0.281. The number of rotatable bonds is 5. The molecule has 2 aliphatic heterocycles. The Morgan fingerprint density at radius 3 is 2.45 bits per heavy atom. The molecule has 0 amide bonds. The van der Waals surface area contributed by atoms with Gasteiger partial charge in [-0.3, -0.25) is 0 Å². The van der Waals surface area contributed by atoms with E-state index in [-0.39, 0.29) is 47.6 Å². The molecule has 1 N–H and O–H groups in total. The molecule has 5 rings (SSSR count). The Morgan fingerprint density at radius 2 is 1.82 bits per heavy atom. The topological polar surface area (TPSA) is 95.7 Å². The van der Waals surface area contributed by atoms with Gasteiger partial charge in [0.2, 0.25) is 0 Å². The molecule has 2 saturated heterocycles. The summed E-state index contributed by atoms with van der Waals surface area (Å²) in [5, 5.41) is 15.1. The molecule has 8 nitrogen and oxygen atoms in total. The van der Waals surface area contributed by atoms with Gasteiger partial charge in [-0.15, -0.1) is 0 Å². The zero-order valence-corrected chi connectivity index (χ0v) is 18.1. The Kier molecular flexibility index (Phi) is 7.71. The zero-order valence-electron chi connectivity index (χ0n) is 18.1. The first-order valence-corrected chi connectivity index (χ1v) is 11.2. The van der Waals surface area contributed by atoms with Crippen molar-refractivity contribution < 1.29 is 24.1 Å². The van der Waals surface area contributed by atoms with Gasteiger partial charge in [0.05, 0.1) is 28.9 Å². The third-order valence-corrected chi connectivity index (χ3v) is 6.05. The molecule has 2 aromatic heterocycles. The van der Waals surface area contributed by atoms with Gasteiger partial charge in [-0.25, -0.2) is 14.5 Å². The Morgan fingerprint density at radius 1 is 1.09 bits per heavy atom. The zero-order chi connectivity index (χ0) is 22.1. The monoisotopic (exact) mass is 461 g/mol. The van der Waals surface area contributed by atoms with Crippen molar-refractivity contribution in [3.8, 4) is 17.0 Å². The van der Waals surface area contributed by atoms with Gasteiger partial charge < -0.3 is 19.3 Å². The molecule has 0 bridgehead atoms. The SMILES string of the molecule is Cc1nn(C2CCCCO2)c2nc(-c3ccc(OC4CCCCO4)cc3)cc(C(=O)O)c12.[NaH]. The molecular weight excluding hydrogens is 433 g/mol. The molecule has 4 heterocycles. The van der Waals surface area contributed by atoms with E-state index in [2.05, 4.69) is 5.10 Å². The van der Waals surface area contributed by atoms with Crippen LogP contribution in [0.15, 0.2) is 30.3 Å². The molecule has 0 aliphatic carbocycles. The van der Waals surface area contributed by atoms with Gasteiger partial charge >= 0.3 is 35.5 Å². The third kappa shape index (κ3) is 5.10.